The van der Waals surface area contributed by atoms with Gasteiger partial charge in [0.25, 0.3) is 0 Å². The topological polar surface area (TPSA) is 59.7 Å². The smallest absolute Gasteiger partial charge is 0.170 e. The van der Waals surface area contributed by atoms with E-state index in [9.17, 15) is 0 Å². The number of halogens is 2. The van der Waals surface area contributed by atoms with Gasteiger partial charge in [0.05, 0.1) is 29.3 Å². The van der Waals surface area contributed by atoms with Crippen LogP contribution in [0.15, 0.2) is 24.3 Å². The van der Waals surface area contributed by atoms with Crippen LogP contribution >= 0.6 is 35.4 Å². The molecule has 30 heavy (non-hydrogen) atoms. The molecule has 0 saturated heterocycles. The predicted molar refractivity (Wildman–Crippen MR) is 128 cm³/mol. The first-order valence-corrected chi connectivity index (χ1v) is 11.0. The predicted octanol–water partition coefficient (Wildman–Crippen LogP) is 5.05. The summed E-state index contributed by atoms with van der Waals surface area (Å²) in [4.78, 5) is 0. The number of aryl methyl sites for hydroxylation is 4. The highest BCUT2D eigenvalue weighted by atomic mass is 35.5. The van der Waals surface area contributed by atoms with Gasteiger partial charge in [-0.3, -0.25) is 9.36 Å². The van der Waals surface area contributed by atoms with Crippen LogP contribution in [0.5, 0.6) is 0 Å². The molecule has 3 aromatic rings. The van der Waals surface area contributed by atoms with Crippen molar-refractivity contribution in [2.45, 2.75) is 47.2 Å². The molecule has 0 unspecified atom stereocenters. The van der Waals surface area contributed by atoms with Crippen LogP contribution in [-0.4, -0.2) is 31.2 Å². The molecule has 0 saturated carbocycles. The Morgan fingerprint density at radius 1 is 1.00 bits per heavy atom. The van der Waals surface area contributed by atoms with Crippen molar-refractivity contribution in [3.05, 3.63) is 62.6 Å². The molecule has 0 aliphatic heterocycles. The van der Waals surface area contributed by atoms with Crippen molar-refractivity contribution in [2.24, 2.45) is 0 Å². The summed E-state index contributed by atoms with van der Waals surface area (Å²) in [7, 11) is 0. The van der Waals surface area contributed by atoms with Crippen molar-refractivity contribution in [2.75, 3.05) is 11.9 Å². The molecule has 2 heterocycles. The van der Waals surface area contributed by atoms with Gasteiger partial charge in [-0.25, -0.2) is 0 Å². The van der Waals surface area contributed by atoms with Crippen LogP contribution in [0.4, 0.5) is 5.69 Å². The third kappa shape index (κ3) is 5.33. The lowest BCUT2D eigenvalue weighted by Crippen LogP contribution is -2.30. The highest BCUT2D eigenvalue weighted by Gasteiger charge is 2.13. The van der Waals surface area contributed by atoms with E-state index < -0.39 is 0 Å². The minimum atomic E-state index is 0.474. The van der Waals surface area contributed by atoms with E-state index in [4.69, 9.17) is 35.4 Å². The second-order valence-corrected chi connectivity index (χ2v) is 8.48. The number of hydrogen-bond donors (Lipinski definition) is 2. The maximum absolute atomic E-state index is 6.17. The van der Waals surface area contributed by atoms with Gasteiger partial charge >= 0.3 is 0 Å². The monoisotopic (exact) mass is 464 g/mol. The van der Waals surface area contributed by atoms with E-state index >= 15 is 0 Å². The van der Waals surface area contributed by atoms with Crippen molar-refractivity contribution in [1.82, 2.24) is 24.9 Å². The summed E-state index contributed by atoms with van der Waals surface area (Å²) in [5.74, 6) is 0. The van der Waals surface area contributed by atoms with Crippen LogP contribution in [0.1, 0.15) is 34.6 Å². The quantitative estimate of drug-likeness (QED) is 0.378. The number of aromatic nitrogens is 4. The number of benzene rings is 1. The summed E-state index contributed by atoms with van der Waals surface area (Å²) in [6.45, 7) is 10.0. The Bertz CT molecular complexity index is 1040. The molecule has 0 bridgehead atoms. The summed E-state index contributed by atoms with van der Waals surface area (Å²) < 4.78 is 3.71. The van der Waals surface area contributed by atoms with Gasteiger partial charge in [-0.1, -0.05) is 53.0 Å². The molecular weight excluding hydrogens is 439 g/mol. The lowest BCUT2D eigenvalue weighted by Gasteiger charge is -2.11. The average Bonchev–Trinajstić information content (AvgIpc) is 3.11. The van der Waals surface area contributed by atoms with Gasteiger partial charge in [0.1, 0.15) is 10.2 Å². The molecule has 9 heteroatoms. The second kappa shape index (κ2) is 9.81. The van der Waals surface area contributed by atoms with E-state index in [1.54, 1.807) is 4.68 Å². The Morgan fingerprint density at radius 3 is 2.30 bits per heavy atom. The maximum atomic E-state index is 6.17. The highest BCUT2D eigenvalue weighted by molar-refractivity contribution is 7.80. The molecule has 3 rings (SSSR count). The Kier molecular flexibility index (Phi) is 7.39. The third-order valence-corrected chi connectivity index (χ3v) is 6.08. The number of hydrogen-bond acceptors (Lipinski definition) is 3. The Balaban J connectivity index is 1.53. The largest absolute Gasteiger partial charge is 0.362 e. The van der Waals surface area contributed by atoms with Crippen LogP contribution in [0.3, 0.4) is 0 Å². The third-order valence-electron chi connectivity index (χ3n) is 4.90. The van der Waals surface area contributed by atoms with Crippen LogP contribution < -0.4 is 10.6 Å². The molecule has 1 aromatic carbocycles. The lowest BCUT2D eigenvalue weighted by atomic mass is 10.1. The van der Waals surface area contributed by atoms with Gasteiger partial charge in [-0.15, -0.1) is 0 Å². The number of thiocarbonyl (C=S) groups is 1. The van der Waals surface area contributed by atoms with Crippen molar-refractivity contribution >= 4 is 46.2 Å². The molecule has 2 aromatic heterocycles. The minimum absolute atomic E-state index is 0.474. The zero-order chi connectivity index (χ0) is 21.8. The van der Waals surface area contributed by atoms with E-state index in [-0.39, 0.29) is 0 Å². The standard InChI is InChI=1S/C21H26Cl2N6S/c1-13-6-8-17(9-7-13)12-29-16(4)19(15(3)27-29)25-21(30)24-10-5-11-28-20(23)18(22)14(2)26-28/h6-9H,5,10-12H2,1-4H3,(H2,24,25,30). The van der Waals surface area contributed by atoms with Crippen LogP contribution in [0, 0.1) is 27.7 Å². The van der Waals surface area contributed by atoms with E-state index in [0.29, 0.717) is 28.4 Å². The van der Waals surface area contributed by atoms with E-state index in [2.05, 4.69) is 52.0 Å². The molecule has 0 amide bonds. The van der Waals surface area contributed by atoms with Gasteiger partial charge < -0.3 is 10.6 Å². The van der Waals surface area contributed by atoms with Crippen LogP contribution in [0.25, 0.3) is 0 Å². The van der Waals surface area contributed by atoms with Gasteiger partial charge in [-0.2, -0.15) is 10.2 Å². The lowest BCUT2D eigenvalue weighted by molar-refractivity contribution is 0.571. The number of anilines is 1. The second-order valence-electron chi connectivity index (χ2n) is 7.34. The van der Waals surface area contributed by atoms with Crippen LogP contribution in [0.2, 0.25) is 10.2 Å². The number of nitrogens with zero attached hydrogens (tertiary/aromatic N) is 4. The Hall–Kier alpha value is -2.09. The Morgan fingerprint density at radius 2 is 1.67 bits per heavy atom. The fourth-order valence-corrected chi connectivity index (χ4v) is 3.76. The highest BCUT2D eigenvalue weighted by Crippen LogP contribution is 2.25. The van der Waals surface area contributed by atoms with Gasteiger partial charge in [-0.05, 0) is 51.9 Å². The molecule has 0 radical (unpaired) electrons. The Labute approximate surface area is 192 Å². The first-order valence-electron chi connectivity index (χ1n) is 9.79. The molecular formula is C21H26Cl2N6S. The minimum Gasteiger partial charge on any atom is -0.362 e. The first-order chi connectivity index (χ1) is 14.3. The molecule has 0 spiro atoms. The molecule has 6 nitrogen and oxygen atoms in total. The first kappa shape index (κ1) is 22.6. The van der Waals surface area contributed by atoms with Gasteiger partial charge in [0.15, 0.2) is 5.11 Å². The van der Waals surface area contributed by atoms with Crippen LogP contribution in [-0.2, 0) is 13.1 Å². The fourth-order valence-electron chi connectivity index (χ4n) is 3.17. The summed E-state index contributed by atoms with van der Waals surface area (Å²) in [6, 6.07) is 8.49. The van der Waals surface area contributed by atoms with Gasteiger partial charge in [0.2, 0.25) is 0 Å². The van der Waals surface area contributed by atoms with Crippen molar-refractivity contribution < 1.29 is 0 Å². The summed E-state index contributed by atoms with van der Waals surface area (Å²) in [6.07, 6.45) is 0.809. The fraction of sp³-hybridized carbons (Fsp3) is 0.381. The summed E-state index contributed by atoms with van der Waals surface area (Å²) in [5, 5.41) is 17.1. The molecule has 0 fully saturated rings. The van der Waals surface area contributed by atoms with Crippen molar-refractivity contribution in [1.29, 1.82) is 0 Å². The van der Waals surface area contributed by atoms with E-state index in [1.165, 1.54) is 11.1 Å². The molecule has 0 atom stereocenters. The zero-order valence-electron chi connectivity index (χ0n) is 17.6. The maximum Gasteiger partial charge on any atom is 0.170 e. The molecule has 2 N–H and O–H groups in total. The van der Waals surface area contributed by atoms with Gasteiger partial charge in [0, 0.05) is 13.1 Å². The average molecular weight is 465 g/mol. The number of rotatable bonds is 7. The van der Waals surface area contributed by atoms with Crippen molar-refractivity contribution in [3.8, 4) is 0 Å². The molecule has 0 aliphatic carbocycles. The number of nitrogens with one attached hydrogen (secondary N) is 2. The molecule has 160 valence electrons. The normalized spacial score (nSPS) is 11.0. The van der Waals surface area contributed by atoms with Crippen molar-refractivity contribution in [3.63, 3.8) is 0 Å². The van der Waals surface area contributed by atoms with E-state index in [0.717, 1.165) is 35.7 Å². The zero-order valence-corrected chi connectivity index (χ0v) is 19.9. The SMILES string of the molecule is Cc1ccc(Cn2nc(C)c(NC(=S)NCCCn3nc(C)c(Cl)c3Cl)c2C)cc1. The summed E-state index contributed by atoms with van der Waals surface area (Å²) >= 11 is 17.7. The summed E-state index contributed by atoms with van der Waals surface area (Å²) in [5.41, 5.74) is 6.10. The molecule has 0 aliphatic rings. The van der Waals surface area contributed by atoms with E-state index in [1.807, 2.05) is 25.5 Å².